The van der Waals surface area contributed by atoms with E-state index in [9.17, 15) is 9.59 Å². The van der Waals surface area contributed by atoms with E-state index in [1.165, 1.54) is 18.2 Å². The number of carbonyl (C=O) groups excluding carboxylic acids is 2. The fourth-order valence-electron chi connectivity index (χ4n) is 2.44. The van der Waals surface area contributed by atoms with Crippen molar-refractivity contribution in [1.82, 2.24) is 4.98 Å². The van der Waals surface area contributed by atoms with E-state index in [-0.39, 0.29) is 11.5 Å². The number of aromatic nitrogens is 1. The Morgan fingerprint density at radius 3 is 2.39 bits per heavy atom. The average molecular weight is 386 g/mol. The minimum atomic E-state index is -0.505. The fourth-order valence-corrected chi connectivity index (χ4v) is 2.44. The molecule has 7 nitrogen and oxygen atoms in total. The lowest BCUT2D eigenvalue weighted by atomic mass is 10.1. The SMILES string of the molecule is COC(=O)c1ccccc1N(C)C(=O)c1ccc(OCCOC(C)(C)C)nc1. The summed E-state index contributed by atoms with van der Waals surface area (Å²) >= 11 is 0. The van der Waals surface area contributed by atoms with Crippen molar-refractivity contribution >= 4 is 17.6 Å². The summed E-state index contributed by atoms with van der Waals surface area (Å²) in [7, 11) is 2.90. The Labute approximate surface area is 165 Å². The van der Waals surface area contributed by atoms with Crippen LogP contribution in [0.1, 0.15) is 41.5 Å². The summed E-state index contributed by atoms with van der Waals surface area (Å²) < 4.78 is 15.9. The smallest absolute Gasteiger partial charge is 0.339 e. The summed E-state index contributed by atoms with van der Waals surface area (Å²) in [5, 5.41) is 0. The van der Waals surface area contributed by atoms with Crippen molar-refractivity contribution in [1.29, 1.82) is 0 Å². The predicted molar refractivity (Wildman–Crippen MR) is 106 cm³/mol. The third-order valence-electron chi connectivity index (χ3n) is 3.83. The van der Waals surface area contributed by atoms with Gasteiger partial charge in [0.1, 0.15) is 6.61 Å². The maximum absolute atomic E-state index is 12.8. The lowest BCUT2D eigenvalue weighted by molar-refractivity contribution is -0.0168. The zero-order valence-electron chi connectivity index (χ0n) is 16.9. The number of nitrogens with zero attached hydrogens (tertiary/aromatic N) is 2. The first-order chi connectivity index (χ1) is 13.2. The average Bonchev–Trinajstić information content (AvgIpc) is 2.69. The fraction of sp³-hybridized carbons (Fsp3) is 0.381. The van der Waals surface area contributed by atoms with E-state index < -0.39 is 5.97 Å². The summed E-state index contributed by atoms with van der Waals surface area (Å²) in [4.78, 5) is 30.3. The van der Waals surface area contributed by atoms with Crippen molar-refractivity contribution in [3.8, 4) is 5.88 Å². The van der Waals surface area contributed by atoms with Gasteiger partial charge in [-0.05, 0) is 39.0 Å². The molecular weight excluding hydrogens is 360 g/mol. The molecule has 0 unspecified atom stereocenters. The molecule has 0 bridgehead atoms. The molecule has 1 amide bonds. The molecule has 0 N–H and O–H groups in total. The quantitative estimate of drug-likeness (QED) is 0.536. The van der Waals surface area contributed by atoms with Gasteiger partial charge in [-0.15, -0.1) is 0 Å². The predicted octanol–water partition coefficient (Wildman–Crippen LogP) is 3.34. The van der Waals surface area contributed by atoms with E-state index in [1.807, 2.05) is 20.8 Å². The first-order valence-electron chi connectivity index (χ1n) is 8.91. The summed E-state index contributed by atoms with van der Waals surface area (Å²) in [6, 6.07) is 10.0. The molecule has 0 aliphatic carbocycles. The Morgan fingerprint density at radius 1 is 1.07 bits per heavy atom. The van der Waals surface area contributed by atoms with Crippen molar-refractivity contribution < 1.29 is 23.8 Å². The molecule has 28 heavy (non-hydrogen) atoms. The number of anilines is 1. The van der Waals surface area contributed by atoms with Gasteiger partial charge in [0, 0.05) is 19.3 Å². The third kappa shape index (κ3) is 5.79. The van der Waals surface area contributed by atoms with Crippen LogP contribution in [0.2, 0.25) is 0 Å². The van der Waals surface area contributed by atoms with Crippen LogP contribution >= 0.6 is 0 Å². The molecule has 2 aromatic rings. The van der Waals surface area contributed by atoms with E-state index >= 15 is 0 Å². The van der Waals surface area contributed by atoms with Crippen LogP contribution in [0.3, 0.4) is 0 Å². The summed E-state index contributed by atoms with van der Waals surface area (Å²) in [6.45, 7) is 6.73. The van der Waals surface area contributed by atoms with E-state index in [4.69, 9.17) is 14.2 Å². The van der Waals surface area contributed by atoms with Crippen LogP contribution in [0.5, 0.6) is 5.88 Å². The van der Waals surface area contributed by atoms with Crippen LogP contribution in [0.15, 0.2) is 42.6 Å². The van der Waals surface area contributed by atoms with Gasteiger partial charge in [0.25, 0.3) is 5.91 Å². The topological polar surface area (TPSA) is 78.0 Å². The van der Waals surface area contributed by atoms with Crippen molar-refractivity contribution in [2.45, 2.75) is 26.4 Å². The number of para-hydroxylation sites is 1. The molecule has 0 radical (unpaired) electrons. The number of hydrogen-bond acceptors (Lipinski definition) is 6. The maximum atomic E-state index is 12.8. The summed E-state index contributed by atoms with van der Waals surface area (Å²) in [6.07, 6.45) is 1.44. The van der Waals surface area contributed by atoms with Crippen molar-refractivity contribution in [3.63, 3.8) is 0 Å². The lowest BCUT2D eigenvalue weighted by Gasteiger charge is -2.20. The van der Waals surface area contributed by atoms with Gasteiger partial charge in [0.05, 0.1) is 36.1 Å². The van der Waals surface area contributed by atoms with E-state index in [1.54, 1.807) is 43.4 Å². The molecular formula is C21H26N2O5. The van der Waals surface area contributed by atoms with Gasteiger partial charge in [-0.3, -0.25) is 4.79 Å². The summed E-state index contributed by atoms with van der Waals surface area (Å²) in [5.74, 6) is -0.396. The second-order valence-electron chi connectivity index (χ2n) is 7.07. The molecule has 7 heteroatoms. The molecule has 0 aliphatic rings. The Kier molecular flexibility index (Phi) is 7.12. The van der Waals surface area contributed by atoms with Gasteiger partial charge in [-0.25, -0.2) is 9.78 Å². The molecule has 0 atom stereocenters. The number of benzene rings is 1. The number of methoxy groups -OCH3 is 1. The minimum absolute atomic E-state index is 0.224. The number of amides is 1. The van der Waals surface area contributed by atoms with E-state index in [0.717, 1.165) is 0 Å². The van der Waals surface area contributed by atoms with Crippen LogP contribution in [-0.4, -0.2) is 49.8 Å². The highest BCUT2D eigenvalue weighted by Crippen LogP contribution is 2.22. The Balaban J connectivity index is 2.04. The molecule has 0 aliphatic heterocycles. The van der Waals surface area contributed by atoms with Crippen LogP contribution in [0.4, 0.5) is 5.69 Å². The molecule has 0 fully saturated rings. The van der Waals surface area contributed by atoms with Gasteiger partial charge in [-0.2, -0.15) is 0 Å². The van der Waals surface area contributed by atoms with Gasteiger partial charge < -0.3 is 19.1 Å². The van der Waals surface area contributed by atoms with Crippen LogP contribution in [0.25, 0.3) is 0 Å². The normalized spacial score (nSPS) is 11.0. The summed E-state index contributed by atoms with van der Waals surface area (Å²) in [5.41, 5.74) is 0.921. The Bertz CT molecular complexity index is 812. The second kappa shape index (κ2) is 9.32. The number of pyridine rings is 1. The molecule has 0 saturated heterocycles. The molecule has 0 saturated carbocycles. The number of ether oxygens (including phenoxy) is 3. The zero-order valence-corrected chi connectivity index (χ0v) is 16.9. The van der Waals surface area contributed by atoms with E-state index in [2.05, 4.69) is 4.98 Å². The van der Waals surface area contributed by atoms with Gasteiger partial charge in [-0.1, -0.05) is 12.1 Å². The van der Waals surface area contributed by atoms with Gasteiger partial charge >= 0.3 is 5.97 Å². The third-order valence-corrected chi connectivity index (χ3v) is 3.83. The second-order valence-corrected chi connectivity index (χ2v) is 7.07. The highest BCUT2D eigenvalue weighted by Gasteiger charge is 2.20. The van der Waals surface area contributed by atoms with Crippen LogP contribution < -0.4 is 9.64 Å². The largest absolute Gasteiger partial charge is 0.475 e. The van der Waals surface area contributed by atoms with Crippen LogP contribution in [-0.2, 0) is 9.47 Å². The standard InChI is InChI=1S/C21H26N2O5/c1-21(2,3)28-13-12-27-18-11-10-15(14-22-18)19(24)23(4)17-9-7-6-8-16(17)20(25)26-5/h6-11,14H,12-13H2,1-5H3. The Hall–Kier alpha value is -2.93. The molecule has 1 heterocycles. The molecule has 0 spiro atoms. The van der Waals surface area contributed by atoms with Crippen molar-refractivity contribution in [3.05, 3.63) is 53.7 Å². The molecule has 2 rings (SSSR count). The van der Waals surface area contributed by atoms with Gasteiger partial charge in [0.15, 0.2) is 0 Å². The molecule has 1 aromatic heterocycles. The number of carbonyl (C=O) groups is 2. The first kappa shape index (κ1) is 21.4. The highest BCUT2D eigenvalue weighted by molar-refractivity contribution is 6.09. The lowest BCUT2D eigenvalue weighted by Crippen LogP contribution is -2.28. The van der Waals surface area contributed by atoms with E-state index in [0.29, 0.717) is 35.9 Å². The Morgan fingerprint density at radius 2 is 1.79 bits per heavy atom. The first-order valence-corrected chi connectivity index (χ1v) is 8.91. The zero-order chi connectivity index (χ0) is 20.7. The minimum Gasteiger partial charge on any atom is -0.475 e. The van der Waals surface area contributed by atoms with Crippen LogP contribution in [0, 0.1) is 0 Å². The molecule has 1 aromatic carbocycles. The molecule has 150 valence electrons. The number of esters is 1. The van der Waals surface area contributed by atoms with Gasteiger partial charge in [0.2, 0.25) is 5.88 Å². The number of hydrogen-bond donors (Lipinski definition) is 0. The monoisotopic (exact) mass is 386 g/mol. The van der Waals surface area contributed by atoms with Crippen molar-refractivity contribution in [2.75, 3.05) is 32.3 Å². The highest BCUT2D eigenvalue weighted by atomic mass is 16.5. The van der Waals surface area contributed by atoms with Crippen molar-refractivity contribution in [2.24, 2.45) is 0 Å². The number of rotatable bonds is 7. The maximum Gasteiger partial charge on any atom is 0.339 e.